The van der Waals surface area contributed by atoms with Crippen LogP contribution >= 0.6 is 0 Å². The lowest BCUT2D eigenvalue weighted by molar-refractivity contribution is 0.00578. The van der Waals surface area contributed by atoms with Gasteiger partial charge in [-0.25, -0.2) is 0 Å². The van der Waals surface area contributed by atoms with Gasteiger partial charge in [0.05, 0.1) is 11.2 Å². The van der Waals surface area contributed by atoms with Gasteiger partial charge in [-0.3, -0.25) is 4.79 Å². The van der Waals surface area contributed by atoms with Gasteiger partial charge in [0, 0.05) is 17.6 Å². The van der Waals surface area contributed by atoms with E-state index in [1.807, 2.05) is 84.6 Å². The highest BCUT2D eigenvalue weighted by atomic mass is 16.7. The smallest absolute Gasteiger partial charge is 0.399 e. The van der Waals surface area contributed by atoms with Gasteiger partial charge >= 0.3 is 7.12 Å². The fraction of sp³-hybridized carbons (Fsp3) is 0.632. The third-order valence-corrected chi connectivity index (χ3v) is 5.01. The van der Waals surface area contributed by atoms with Crippen LogP contribution in [0.2, 0.25) is 0 Å². The first-order chi connectivity index (χ1) is 11.0. The molecule has 1 aromatic carbocycles. The van der Waals surface area contributed by atoms with Crippen molar-refractivity contribution in [2.24, 2.45) is 0 Å². The second-order valence-corrected chi connectivity index (χ2v) is 8.11. The van der Waals surface area contributed by atoms with Crippen molar-refractivity contribution in [3.8, 4) is 0 Å². The topological polar surface area (TPSA) is 38.8 Å². The quantitative estimate of drug-likeness (QED) is 0.795. The maximum Gasteiger partial charge on any atom is 0.494 e. The van der Waals surface area contributed by atoms with Gasteiger partial charge in [0.2, 0.25) is 0 Å². The Morgan fingerprint density at radius 1 is 1.00 bits per heavy atom. The molecule has 0 N–H and O–H groups in total. The summed E-state index contributed by atoms with van der Waals surface area (Å²) in [7, 11) is -0.450. The molecule has 0 unspecified atom stereocenters. The highest BCUT2D eigenvalue weighted by Gasteiger charge is 2.51. The van der Waals surface area contributed by atoms with E-state index in [1.165, 1.54) is 0 Å². The van der Waals surface area contributed by atoms with Gasteiger partial charge in [-0.05, 0) is 73.0 Å². The molecule has 1 fully saturated rings. The maximum atomic E-state index is 12.9. The van der Waals surface area contributed by atoms with Crippen LogP contribution in [0, 0.1) is 0 Å². The molecule has 0 aromatic heterocycles. The van der Waals surface area contributed by atoms with Crippen LogP contribution in [0.25, 0.3) is 0 Å². The zero-order valence-corrected chi connectivity index (χ0v) is 16.2. The van der Waals surface area contributed by atoms with Crippen molar-refractivity contribution in [1.29, 1.82) is 0 Å². The zero-order chi connectivity index (χ0) is 18.3. The number of rotatable bonds is 4. The third kappa shape index (κ3) is 3.52. The van der Waals surface area contributed by atoms with Crippen molar-refractivity contribution in [3.63, 3.8) is 0 Å². The minimum Gasteiger partial charge on any atom is -0.399 e. The molecule has 0 radical (unpaired) electrons. The summed E-state index contributed by atoms with van der Waals surface area (Å²) in [5.74, 6) is 0.0402. The van der Waals surface area contributed by atoms with E-state index in [4.69, 9.17) is 9.31 Å². The SMILES string of the molecule is CC(C)N(C(=O)c1cccc(B2OC(C)(C)C(C)(C)O2)c1)C(C)C. The lowest BCUT2D eigenvalue weighted by atomic mass is 9.78. The molecule has 1 aromatic rings. The average molecular weight is 331 g/mol. The van der Waals surface area contributed by atoms with E-state index in [0.717, 1.165) is 5.46 Å². The molecule has 24 heavy (non-hydrogen) atoms. The molecule has 1 amide bonds. The van der Waals surface area contributed by atoms with Crippen LogP contribution < -0.4 is 5.46 Å². The molecule has 1 heterocycles. The van der Waals surface area contributed by atoms with E-state index in [0.29, 0.717) is 5.56 Å². The standard InChI is InChI=1S/C19H30BNO3/c1-13(2)21(14(3)4)17(22)15-10-9-11-16(12-15)20-23-18(5,6)19(7,8)24-20/h9-14H,1-8H3. The van der Waals surface area contributed by atoms with Crippen molar-refractivity contribution in [2.75, 3.05) is 0 Å². The molecule has 5 heteroatoms. The van der Waals surface area contributed by atoms with Crippen molar-refractivity contribution >= 4 is 18.5 Å². The number of nitrogens with zero attached hydrogens (tertiary/aromatic N) is 1. The summed E-state index contributed by atoms with van der Waals surface area (Å²) in [6.07, 6.45) is 0. The maximum absolute atomic E-state index is 12.9. The van der Waals surface area contributed by atoms with Gasteiger partial charge in [-0.15, -0.1) is 0 Å². The highest BCUT2D eigenvalue weighted by molar-refractivity contribution is 6.62. The minimum absolute atomic E-state index is 0.0402. The van der Waals surface area contributed by atoms with Crippen LogP contribution in [0.4, 0.5) is 0 Å². The molecule has 0 saturated carbocycles. The molecule has 0 aliphatic carbocycles. The van der Waals surface area contributed by atoms with E-state index < -0.39 is 7.12 Å². The van der Waals surface area contributed by atoms with E-state index >= 15 is 0 Å². The molecule has 1 aliphatic heterocycles. The second-order valence-electron chi connectivity index (χ2n) is 8.11. The summed E-state index contributed by atoms with van der Waals surface area (Å²) < 4.78 is 12.2. The third-order valence-electron chi connectivity index (χ3n) is 5.01. The molecule has 4 nitrogen and oxygen atoms in total. The van der Waals surface area contributed by atoms with E-state index in [-0.39, 0.29) is 29.2 Å². The average Bonchev–Trinajstić information content (AvgIpc) is 2.67. The van der Waals surface area contributed by atoms with Gasteiger partial charge < -0.3 is 14.2 Å². The summed E-state index contributed by atoms with van der Waals surface area (Å²) in [5, 5.41) is 0. The summed E-state index contributed by atoms with van der Waals surface area (Å²) in [5.41, 5.74) is 0.774. The number of carbonyl (C=O) groups is 1. The van der Waals surface area contributed by atoms with Gasteiger partial charge in [0.25, 0.3) is 5.91 Å². The Kier molecular flexibility index (Phi) is 5.17. The first-order valence-electron chi connectivity index (χ1n) is 8.74. The van der Waals surface area contributed by atoms with Crippen molar-refractivity contribution in [3.05, 3.63) is 29.8 Å². The van der Waals surface area contributed by atoms with Gasteiger partial charge in [0.15, 0.2) is 0 Å². The fourth-order valence-electron chi connectivity index (χ4n) is 3.01. The Balaban J connectivity index is 2.29. The highest BCUT2D eigenvalue weighted by Crippen LogP contribution is 2.36. The summed E-state index contributed by atoms with van der Waals surface area (Å²) in [6.45, 7) is 16.3. The van der Waals surface area contributed by atoms with E-state index in [9.17, 15) is 4.79 Å². The molecule has 1 aliphatic rings. The predicted octanol–water partition coefficient (Wildman–Crippen LogP) is 3.24. The largest absolute Gasteiger partial charge is 0.494 e. The Labute approximate surface area is 146 Å². The Morgan fingerprint density at radius 2 is 1.50 bits per heavy atom. The lowest BCUT2D eigenvalue weighted by Crippen LogP contribution is -2.42. The Hall–Kier alpha value is -1.33. The van der Waals surface area contributed by atoms with E-state index in [2.05, 4.69) is 0 Å². The Bertz CT molecular complexity index is 586. The molecule has 1 saturated heterocycles. The summed E-state index contributed by atoms with van der Waals surface area (Å²) in [6, 6.07) is 7.90. The number of hydrogen-bond acceptors (Lipinski definition) is 3. The second kappa shape index (κ2) is 6.53. The van der Waals surface area contributed by atoms with Crippen LogP contribution in [0.5, 0.6) is 0 Å². The minimum atomic E-state index is -0.450. The summed E-state index contributed by atoms with van der Waals surface area (Å²) >= 11 is 0. The lowest BCUT2D eigenvalue weighted by Gasteiger charge is -2.32. The zero-order valence-electron chi connectivity index (χ0n) is 16.2. The normalized spacial score (nSPS) is 19.2. The van der Waals surface area contributed by atoms with Crippen molar-refractivity contribution in [2.45, 2.75) is 78.7 Å². The molecular formula is C19H30BNO3. The van der Waals surface area contributed by atoms with Crippen LogP contribution in [0.15, 0.2) is 24.3 Å². The number of carbonyl (C=O) groups excluding carboxylic acids is 1. The van der Waals surface area contributed by atoms with Gasteiger partial charge in [0.1, 0.15) is 0 Å². The number of hydrogen-bond donors (Lipinski definition) is 0. The number of amides is 1. The van der Waals surface area contributed by atoms with Gasteiger partial charge in [-0.1, -0.05) is 12.1 Å². The molecule has 2 rings (SSSR count). The molecule has 132 valence electrons. The fourth-order valence-corrected chi connectivity index (χ4v) is 3.01. The van der Waals surface area contributed by atoms with Crippen LogP contribution in [0.3, 0.4) is 0 Å². The molecule has 0 spiro atoms. The van der Waals surface area contributed by atoms with Gasteiger partial charge in [-0.2, -0.15) is 0 Å². The predicted molar refractivity (Wildman–Crippen MR) is 98.6 cm³/mol. The monoisotopic (exact) mass is 331 g/mol. The summed E-state index contributed by atoms with van der Waals surface area (Å²) in [4.78, 5) is 14.8. The van der Waals surface area contributed by atoms with Crippen LogP contribution in [0.1, 0.15) is 65.7 Å². The van der Waals surface area contributed by atoms with Crippen molar-refractivity contribution < 1.29 is 14.1 Å². The molecule has 0 bridgehead atoms. The Morgan fingerprint density at radius 3 is 1.96 bits per heavy atom. The van der Waals surface area contributed by atoms with Crippen molar-refractivity contribution in [1.82, 2.24) is 4.90 Å². The van der Waals surface area contributed by atoms with Crippen LogP contribution in [-0.2, 0) is 9.31 Å². The van der Waals surface area contributed by atoms with Crippen LogP contribution in [-0.4, -0.2) is 41.2 Å². The first kappa shape index (κ1) is 19.0. The van der Waals surface area contributed by atoms with E-state index in [1.54, 1.807) is 0 Å². The number of benzene rings is 1. The molecule has 0 atom stereocenters. The molecular weight excluding hydrogens is 301 g/mol. The first-order valence-corrected chi connectivity index (χ1v) is 8.74.